The van der Waals surface area contributed by atoms with Crippen LogP contribution in [0.1, 0.15) is 186 Å². The van der Waals surface area contributed by atoms with Crippen LogP contribution in [0.2, 0.25) is 5.02 Å². The first-order valence-corrected chi connectivity index (χ1v) is 32.4. The molecule has 3 amide bonds. The fraction of sp³-hybridized carbons (Fsp3) is 0.455. The first kappa shape index (κ1) is 69.9. The molecule has 87 heavy (non-hydrogen) atoms. The topological polar surface area (TPSA) is 247 Å². The Balaban J connectivity index is 1.23. The number of nitrogens with one attached hydrogen (secondary N) is 3. The molecule has 0 aliphatic heterocycles. The number of anilines is 4. The number of carbonyl (C=O) groups excluding carboxylic acids is 6. The predicted molar refractivity (Wildman–Crippen MR) is 341 cm³/mol. The number of unbranched alkanes of at least 4 members (excludes halogenated alkanes) is 18. The Morgan fingerprint density at radius 1 is 0.563 bits per heavy atom. The lowest BCUT2D eigenvalue weighted by Gasteiger charge is -2.21. The van der Waals surface area contributed by atoms with E-state index >= 15 is 0 Å². The molecule has 19 nitrogen and oxygen atoms in total. The zero-order chi connectivity index (χ0) is 63.0. The van der Waals surface area contributed by atoms with Crippen molar-refractivity contribution < 1.29 is 60.9 Å². The molecular formula is C66H85ClN6O13S. The van der Waals surface area contributed by atoms with E-state index in [4.69, 9.17) is 35.3 Å². The van der Waals surface area contributed by atoms with Crippen LogP contribution in [0.4, 0.5) is 38.9 Å². The second-order valence-electron chi connectivity index (χ2n) is 21.3. The summed E-state index contributed by atoms with van der Waals surface area (Å²) in [6, 6.07) is 25.1. The average Bonchev–Trinajstić information content (AvgIpc) is 3.33. The zero-order valence-electron chi connectivity index (χ0n) is 51.1. The summed E-state index contributed by atoms with van der Waals surface area (Å²) < 4.78 is 55.9. The number of halogens is 1. The number of esters is 2. The lowest BCUT2D eigenvalue weighted by molar-refractivity contribution is -0.121. The van der Waals surface area contributed by atoms with Crippen molar-refractivity contribution in [2.75, 3.05) is 53.9 Å². The summed E-state index contributed by atoms with van der Waals surface area (Å²) in [4.78, 5) is 81.4. The van der Waals surface area contributed by atoms with E-state index < -0.39 is 58.4 Å². The van der Waals surface area contributed by atoms with Gasteiger partial charge in [-0.15, -0.1) is 5.11 Å². The maximum atomic E-state index is 14.2. The normalized spacial score (nSPS) is 11.6. The van der Waals surface area contributed by atoms with Crippen molar-refractivity contribution >= 4 is 91.4 Å². The van der Waals surface area contributed by atoms with Crippen molar-refractivity contribution in [3.63, 3.8) is 0 Å². The molecule has 5 aromatic carbocycles. The second-order valence-corrected chi connectivity index (χ2v) is 23.5. The van der Waals surface area contributed by atoms with E-state index in [1.165, 1.54) is 177 Å². The maximum Gasteiger partial charge on any atom is 0.414 e. The highest BCUT2D eigenvalue weighted by Crippen LogP contribution is 2.33. The van der Waals surface area contributed by atoms with Crippen LogP contribution in [0.3, 0.4) is 0 Å². The molecule has 0 radical (unpaired) electrons. The number of Topliss-reactive ketones (excluding diaryl/α,β-unsaturated/α-hetero) is 1. The van der Waals surface area contributed by atoms with Crippen LogP contribution >= 0.6 is 11.6 Å². The number of nitrogens with zero attached hydrogens (tertiary/aromatic N) is 3. The van der Waals surface area contributed by atoms with Gasteiger partial charge in [-0.3, -0.25) is 24.0 Å². The molecular weight excluding hydrogens is 1150 g/mol. The van der Waals surface area contributed by atoms with E-state index in [2.05, 4.69) is 39.4 Å². The number of ketones is 1. The second kappa shape index (κ2) is 37.7. The van der Waals surface area contributed by atoms with E-state index in [0.29, 0.717) is 30.0 Å². The summed E-state index contributed by atoms with van der Waals surface area (Å²) in [5.41, 5.74) is 1.77. The fourth-order valence-electron chi connectivity index (χ4n) is 9.17. The van der Waals surface area contributed by atoms with Gasteiger partial charge >= 0.3 is 18.0 Å². The van der Waals surface area contributed by atoms with Gasteiger partial charge in [-0.05, 0) is 110 Å². The molecule has 0 spiro atoms. The highest BCUT2D eigenvalue weighted by atomic mass is 35.5. The Bertz CT molecular complexity index is 3180. The summed E-state index contributed by atoms with van der Waals surface area (Å²) in [6.07, 6.45) is 21.2. The number of hydrogen-bond acceptors (Lipinski definition) is 15. The number of rotatable bonds is 39. The lowest BCUT2D eigenvalue weighted by Crippen LogP contribution is -2.40. The van der Waals surface area contributed by atoms with Gasteiger partial charge in [-0.25, -0.2) is 22.8 Å². The number of amides is 3. The average molecular weight is 1240 g/mol. The summed E-state index contributed by atoms with van der Waals surface area (Å²) >= 11 is 6.53. The van der Waals surface area contributed by atoms with Gasteiger partial charge in [0.25, 0.3) is 5.91 Å². The van der Waals surface area contributed by atoms with Crippen molar-refractivity contribution in [3.8, 4) is 11.5 Å². The number of azo groups is 1. The first-order valence-electron chi connectivity index (χ1n) is 30.1. The minimum Gasteiger partial charge on any atom is -0.497 e. The van der Waals surface area contributed by atoms with Crippen LogP contribution in [0.25, 0.3) is 0 Å². The van der Waals surface area contributed by atoms with Gasteiger partial charge in [0.2, 0.25) is 27.8 Å². The Morgan fingerprint density at radius 2 is 1.09 bits per heavy atom. The van der Waals surface area contributed by atoms with Crippen molar-refractivity contribution in [1.29, 1.82) is 0 Å². The molecule has 0 heterocycles. The Morgan fingerprint density at radius 3 is 1.64 bits per heavy atom. The summed E-state index contributed by atoms with van der Waals surface area (Å²) in [6.45, 7) is 5.81. The van der Waals surface area contributed by atoms with Crippen molar-refractivity contribution in [3.05, 3.63) is 130 Å². The monoisotopic (exact) mass is 1240 g/mol. The molecule has 1 atom stereocenters. The standard InChI is InChI=1S/C66H85ClN6O13S/c1-7-9-11-13-15-17-19-21-23-25-41-83-64(77)49-27-33-52(34-28-49)70-71-57-40-35-53(44-60(57)68-47(3)74)73(4)66(79)85-46-51-31-38-55(45-58(51)72-87(6,80)81)86-62(61(75)48-29-36-54(82-5)37-30-48)63(76)69-59-43-50(32-39-56(59)67)65(78)84-42-26-24-22-20-18-16-14-12-10-8-2/h27-40,43-45,62,72H,7-26,41-42,46H2,1-6H3,(H,68,74)(H,69,76). The molecule has 5 rings (SSSR count). The zero-order valence-corrected chi connectivity index (χ0v) is 52.7. The van der Waals surface area contributed by atoms with Crippen LogP contribution in [0.15, 0.2) is 113 Å². The van der Waals surface area contributed by atoms with Crippen molar-refractivity contribution in [2.45, 2.75) is 162 Å². The largest absolute Gasteiger partial charge is 0.497 e. The SMILES string of the molecule is CCCCCCCCCCCCOC(=O)c1ccc(N=Nc2ccc(N(C)C(=O)OCc3ccc(OC(C(=O)Nc4cc(C(=O)OCCCCCCCCCCCC)ccc4Cl)C(=O)c4ccc(OC)cc4)cc3NS(C)(=O)=O)cc2NC(C)=O)cc1. The molecule has 5 aromatic rings. The van der Waals surface area contributed by atoms with Crippen molar-refractivity contribution in [1.82, 2.24) is 0 Å². The van der Waals surface area contributed by atoms with Gasteiger partial charge in [0, 0.05) is 36.9 Å². The van der Waals surface area contributed by atoms with E-state index in [1.807, 2.05) is 0 Å². The first-order chi connectivity index (χ1) is 41.9. The van der Waals surface area contributed by atoms with Gasteiger partial charge in [0.1, 0.15) is 23.8 Å². The minimum absolute atomic E-state index is 0.00578. The Hall–Kier alpha value is -7.84. The molecule has 470 valence electrons. The van der Waals surface area contributed by atoms with Gasteiger partial charge in [0.05, 0.1) is 65.5 Å². The van der Waals surface area contributed by atoms with E-state index in [1.54, 1.807) is 30.3 Å². The van der Waals surface area contributed by atoms with Crippen LogP contribution < -0.4 is 29.7 Å². The molecule has 0 saturated heterocycles. The summed E-state index contributed by atoms with van der Waals surface area (Å²) in [5.74, 6) is -2.95. The number of carbonyl (C=O) groups is 6. The molecule has 21 heteroatoms. The van der Waals surface area contributed by atoms with Crippen molar-refractivity contribution in [2.24, 2.45) is 10.2 Å². The van der Waals surface area contributed by atoms with E-state index in [9.17, 15) is 37.2 Å². The molecule has 0 aliphatic carbocycles. The van der Waals surface area contributed by atoms with Gasteiger partial charge in [0.15, 0.2) is 0 Å². The van der Waals surface area contributed by atoms with Crippen LogP contribution in [0.5, 0.6) is 11.5 Å². The number of methoxy groups -OCH3 is 1. The molecule has 1 unspecified atom stereocenters. The van der Waals surface area contributed by atoms with Gasteiger partial charge in [-0.1, -0.05) is 141 Å². The molecule has 0 aliphatic rings. The molecule has 3 N–H and O–H groups in total. The lowest BCUT2D eigenvalue weighted by atomic mass is 10.0. The molecule has 0 saturated carbocycles. The Labute approximate surface area is 517 Å². The third-order valence-electron chi connectivity index (χ3n) is 14.1. The third-order valence-corrected chi connectivity index (χ3v) is 15.0. The highest BCUT2D eigenvalue weighted by molar-refractivity contribution is 7.92. The van der Waals surface area contributed by atoms with Crippen LogP contribution in [0, 0.1) is 0 Å². The van der Waals surface area contributed by atoms with Gasteiger partial charge in [-0.2, -0.15) is 5.11 Å². The number of benzene rings is 5. The number of ether oxygens (including phenoxy) is 5. The van der Waals surface area contributed by atoms with Gasteiger partial charge < -0.3 is 34.3 Å². The predicted octanol–water partition coefficient (Wildman–Crippen LogP) is 16.3. The third kappa shape index (κ3) is 25.2. The maximum absolute atomic E-state index is 14.2. The highest BCUT2D eigenvalue weighted by Gasteiger charge is 2.32. The quantitative estimate of drug-likeness (QED) is 0.00828. The van der Waals surface area contributed by atoms with Crippen LogP contribution in [-0.2, 0) is 40.4 Å². The summed E-state index contributed by atoms with van der Waals surface area (Å²) in [7, 11) is -1.11. The van der Waals surface area contributed by atoms with E-state index in [-0.39, 0.29) is 62.5 Å². The number of sulfonamides is 1. The number of hydrogen-bond donors (Lipinski definition) is 3. The van der Waals surface area contributed by atoms with E-state index in [0.717, 1.165) is 49.7 Å². The molecule has 0 fully saturated rings. The fourth-order valence-corrected chi connectivity index (χ4v) is 9.92. The van der Waals surface area contributed by atoms with Crippen LogP contribution in [-0.4, -0.2) is 83.8 Å². The molecule has 0 bridgehead atoms. The Kier molecular flexibility index (Phi) is 30.3. The minimum atomic E-state index is -3.99. The molecule has 0 aromatic heterocycles. The summed E-state index contributed by atoms with van der Waals surface area (Å²) in [5, 5.41) is 14.0. The smallest absolute Gasteiger partial charge is 0.414 e.